The number of hydrogen-bond donors (Lipinski definition) is 0. The van der Waals surface area contributed by atoms with Gasteiger partial charge in [0.2, 0.25) is 0 Å². The highest BCUT2D eigenvalue weighted by atomic mass is 14.7. The average molecular weight is 660 g/mol. The largest absolute Gasteiger partial charge is 0.248 e. The standard InChI is InChI=1S/C51H33N/c1-5-14-34(15-6-1)40-28-41(35-16-7-2-8-17-35)30-42(29-40)46-33-47(45-27-25-39-23-13-22-38-24-26-44(46)51(45)50(38)39)43-31-48(36-18-9-3-10-19-36)52-49(32-43)37-20-11-4-12-21-37/h1-33H. The van der Waals surface area contributed by atoms with Crippen LogP contribution in [0.4, 0.5) is 0 Å². The molecule has 0 aliphatic heterocycles. The highest BCUT2D eigenvalue weighted by molar-refractivity contribution is 6.28. The highest BCUT2D eigenvalue weighted by Crippen LogP contribution is 2.46. The number of aromatic nitrogens is 1. The zero-order valence-electron chi connectivity index (χ0n) is 28.5. The molecule has 0 saturated carbocycles. The maximum Gasteiger partial charge on any atom is 0.0715 e. The Labute approximate surface area is 303 Å². The molecule has 0 spiro atoms. The zero-order valence-corrected chi connectivity index (χ0v) is 28.5. The van der Waals surface area contributed by atoms with Crippen molar-refractivity contribution in [1.82, 2.24) is 4.98 Å². The fourth-order valence-electron chi connectivity index (χ4n) is 7.89. The van der Waals surface area contributed by atoms with E-state index in [0.717, 1.165) is 28.1 Å². The third kappa shape index (κ3) is 5.23. The molecule has 9 aromatic carbocycles. The Morgan fingerprint density at radius 3 is 1.12 bits per heavy atom. The van der Waals surface area contributed by atoms with Crippen molar-refractivity contribution in [1.29, 1.82) is 0 Å². The molecule has 0 unspecified atom stereocenters. The quantitative estimate of drug-likeness (QED) is 0.162. The van der Waals surface area contributed by atoms with Gasteiger partial charge in [0.1, 0.15) is 0 Å². The molecule has 1 heterocycles. The summed E-state index contributed by atoms with van der Waals surface area (Å²) < 4.78 is 0. The predicted molar refractivity (Wildman–Crippen MR) is 221 cm³/mol. The molecule has 10 aromatic rings. The molecule has 10 rings (SSSR count). The Morgan fingerprint density at radius 1 is 0.250 bits per heavy atom. The Balaban J connectivity index is 1.31. The van der Waals surface area contributed by atoms with E-state index in [1.54, 1.807) is 0 Å². The first-order valence-corrected chi connectivity index (χ1v) is 17.9. The van der Waals surface area contributed by atoms with E-state index in [9.17, 15) is 0 Å². The van der Waals surface area contributed by atoms with Gasteiger partial charge in [0.15, 0.2) is 0 Å². The number of nitrogens with zero attached hydrogens (tertiary/aromatic N) is 1. The molecule has 0 atom stereocenters. The van der Waals surface area contributed by atoms with Gasteiger partial charge in [-0.05, 0) is 113 Å². The van der Waals surface area contributed by atoms with Gasteiger partial charge in [-0.15, -0.1) is 0 Å². The van der Waals surface area contributed by atoms with Crippen molar-refractivity contribution in [2.24, 2.45) is 0 Å². The third-order valence-corrected chi connectivity index (χ3v) is 10.4. The summed E-state index contributed by atoms with van der Waals surface area (Å²) in [6, 6.07) is 72.5. The molecule has 0 amide bonds. The van der Waals surface area contributed by atoms with E-state index in [0.29, 0.717) is 0 Å². The van der Waals surface area contributed by atoms with Gasteiger partial charge in [-0.2, -0.15) is 0 Å². The summed E-state index contributed by atoms with van der Waals surface area (Å²) in [6.45, 7) is 0. The van der Waals surface area contributed by atoms with E-state index >= 15 is 0 Å². The smallest absolute Gasteiger partial charge is 0.0715 e. The van der Waals surface area contributed by atoms with Crippen molar-refractivity contribution in [2.75, 3.05) is 0 Å². The van der Waals surface area contributed by atoms with Crippen LogP contribution in [0.15, 0.2) is 200 Å². The SMILES string of the molecule is c1ccc(-c2cc(-c3ccccc3)cc(-c3cc(-c4cc(-c5ccccc5)nc(-c5ccccc5)c4)c4ccc5cccc6ccc3c4c65)c2)cc1. The molecule has 0 aliphatic rings. The Bertz CT molecular complexity index is 2550. The first-order valence-electron chi connectivity index (χ1n) is 17.9. The maximum atomic E-state index is 5.23. The van der Waals surface area contributed by atoms with Gasteiger partial charge in [0.05, 0.1) is 11.4 Å². The van der Waals surface area contributed by atoms with Gasteiger partial charge in [0.25, 0.3) is 0 Å². The number of hydrogen-bond acceptors (Lipinski definition) is 1. The van der Waals surface area contributed by atoms with Crippen molar-refractivity contribution >= 4 is 32.3 Å². The molecule has 1 aromatic heterocycles. The number of rotatable bonds is 6. The minimum absolute atomic E-state index is 0.960. The molecule has 0 fully saturated rings. The molecule has 0 N–H and O–H groups in total. The van der Waals surface area contributed by atoms with Crippen LogP contribution in [0.2, 0.25) is 0 Å². The molecule has 1 heteroatoms. The summed E-state index contributed by atoms with van der Waals surface area (Å²) in [5.41, 5.74) is 13.7. The first-order chi connectivity index (χ1) is 25.8. The fourth-order valence-corrected chi connectivity index (χ4v) is 7.89. The fraction of sp³-hybridized carbons (Fsp3) is 0. The van der Waals surface area contributed by atoms with Crippen molar-refractivity contribution in [3.63, 3.8) is 0 Å². The van der Waals surface area contributed by atoms with Gasteiger partial charge < -0.3 is 0 Å². The second-order valence-electron chi connectivity index (χ2n) is 13.5. The Morgan fingerprint density at radius 2 is 0.654 bits per heavy atom. The van der Waals surface area contributed by atoms with Crippen molar-refractivity contribution in [2.45, 2.75) is 0 Å². The molecule has 52 heavy (non-hydrogen) atoms. The molecule has 0 saturated heterocycles. The Hall–Kier alpha value is -6.83. The van der Waals surface area contributed by atoms with Crippen molar-refractivity contribution in [3.8, 4) is 67.0 Å². The molecular formula is C51H33N. The average Bonchev–Trinajstić information content (AvgIpc) is 3.23. The lowest BCUT2D eigenvalue weighted by Gasteiger charge is -2.20. The van der Waals surface area contributed by atoms with Gasteiger partial charge >= 0.3 is 0 Å². The normalized spacial score (nSPS) is 11.5. The lowest BCUT2D eigenvalue weighted by molar-refractivity contribution is 1.32. The summed E-state index contributed by atoms with van der Waals surface area (Å²) in [4.78, 5) is 5.23. The lowest BCUT2D eigenvalue weighted by Crippen LogP contribution is -1.94. The monoisotopic (exact) mass is 659 g/mol. The van der Waals surface area contributed by atoms with Crippen LogP contribution < -0.4 is 0 Å². The van der Waals surface area contributed by atoms with E-state index in [4.69, 9.17) is 4.98 Å². The van der Waals surface area contributed by atoms with Crippen LogP contribution in [0, 0.1) is 0 Å². The molecule has 0 aliphatic carbocycles. The second kappa shape index (κ2) is 12.5. The molecule has 0 bridgehead atoms. The maximum absolute atomic E-state index is 5.23. The van der Waals surface area contributed by atoms with Crippen LogP contribution in [-0.2, 0) is 0 Å². The van der Waals surface area contributed by atoms with Crippen molar-refractivity contribution < 1.29 is 0 Å². The van der Waals surface area contributed by atoms with Gasteiger partial charge in [0, 0.05) is 11.1 Å². The number of benzene rings is 9. The summed E-state index contributed by atoms with van der Waals surface area (Å²) in [5, 5.41) is 7.62. The summed E-state index contributed by atoms with van der Waals surface area (Å²) >= 11 is 0. The predicted octanol–water partition coefficient (Wildman–Crippen LogP) is 14.0. The van der Waals surface area contributed by atoms with E-state index < -0.39 is 0 Å². The minimum atomic E-state index is 0.960. The second-order valence-corrected chi connectivity index (χ2v) is 13.5. The zero-order chi connectivity index (χ0) is 34.4. The van der Waals surface area contributed by atoms with Gasteiger partial charge in [-0.3, -0.25) is 0 Å². The van der Waals surface area contributed by atoms with E-state index in [-0.39, 0.29) is 0 Å². The molecular weight excluding hydrogens is 627 g/mol. The molecule has 242 valence electrons. The van der Waals surface area contributed by atoms with E-state index in [2.05, 4.69) is 200 Å². The van der Waals surface area contributed by atoms with Crippen LogP contribution >= 0.6 is 0 Å². The van der Waals surface area contributed by atoms with Gasteiger partial charge in [-0.25, -0.2) is 4.98 Å². The molecule has 1 nitrogen and oxygen atoms in total. The van der Waals surface area contributed by atoms with E-state index in [1.165, 1.54) is 71.3 Å². The Kier molecular flexibility index (Phi) is 7.22. The van der Waals surface area contributed by atoms with E-state index in [1.807, 2.05) is 0 Å². The topological polar surface area (TPSA) is 12.9 Å². The van der Waals surface area contributed by atoms with Crippen LogP contribution in [-0.4, -0.2) is 4.98 Å². The van der Waals surface area contributed by atoms with Crippen LogP contribution in [0.5, 0.6) is 0 Å². The first kappa shape index (κ1) is 30.0. The minimum Gasteiger partial charge on any atom is -0.248 e. The number of pyridine rings is 1. The van der Waals surface area contributed by atoms with Crippen LogP contribution in [0.1, 0.15) is 0 Å². The van der Waals surface area contributed by atoms with Crippen LogP contribution in [0.25, 0.3) is 99.3 Å². The van der Waals surface area contributed by atoms with Crippen molar-refractivity contribution in [3.05, 3.63) is 200 Å². The van der Waals surface area contributed by atoms with Crippen LogP contribution in [0.3, 0.4) is 0 Å². The summed E-state index contributed by atoms with van der Waals surface area (Å²) in [6.07, 6.45) is 0. The lowest BCUT2D eigenvalue weighted by atomic mass is 9.84. The summed E-state index contributed by atoms with van der Waals surface area (Å²) in [7, 11) is 0. The molecule has 0 radical (unpaired) electrons. The summed E-state index contributed by atoms with van der Waals surface area (Å²) in [5.74, 6) is 0. The third-order valence-electron chi connectivity index (χ3n) is 10.4. The highest BCUT2D eigenvalue weighted by Gasteiger charge is 2.19. The van der Waals surface area contributed by atoms with Gasteiger partial charge in [-0.1, -0.05) is 164 Å².